The Morgan fingerprint density at radius 1 is 1.36 bits per heavy atom. The molecule has 0 aliphatic heterocycles. The van der Waals surface area contributed by atoms with Crippen LogP contribution in [0, 0.1) is 0 Å². The van der Waals surface area contributed by atoms with E-state index in [1.54, 1.807) is 0 Å². The van der Waals surface area contributed by atoms with Crippen molar-refractivity contribution in [2.75, 3.05) is 31.7 Å². The topological polar surface area (TPSA) is 3.24 Å². The molecule has 0 aromatic carbocycles. The second-order valence-electron chi connectivity index (χ2n) is 5.02. The summed E-state index contributed by atoms with van der Waals surface area (Å²) in [6.45, 7) is 8.97. The van der Waals surface area contributed by atoms with Crippen LogP contribution >= 0.6 is 34.4 Å². The minimum Gasteiger partial charge on any atom is -0.329 e. The van der Waals surface area contributed by atoms with Gasteiger partial charge in [-0.1, -0.05) is 22.6 Å². The number of halogens is 2. The number of rotatable bonds is 6. The predicted molar refractivity (Wildman–Crippen MR) is 72.8 cm³/mol. The first-order chi connectivity index (χ1) is 6.25. The van der Waals surface area contributed by atoms with Crippen LogP contribution in [0.25, 0.3) is 0 Å². The lowest BCUT2D eigenvalue weighted by Crippen LogP contribution is -2.46. The fourth-order valence-corrected chi connectivity index (χ4v) is 2.03. The van der Waals surface area contributed by atoms with E-state index in [2.05, 4.69) is 57.5 Å². The third-order valence-corrected chi connectivity index (χ3v) is 4.61. The third kappa shape index (κ3) is 5.14. The number of nitrogens with zero attached hydrogens (tertiary/aromatic N) is 2. The molecule has 0 rings (SSSR count). The van der Waals surface area contributed by atoms with Crippen molar-refractivity contribution in [3.05, 3.63) is 0 Å². The van der Waals surface area contributed by atoms with Crippen LogP contribution < -0.4 is 0 Å². The molecular weight excluding hydrogens is 310 g/mol. The van der Waals surface area contributed by atoms with Gasteiger partial charge in [-0.2, -0.15) is 0 Å². The lowest BCUT2D eigenvalue weighted by atomic mass is 10.0. The van der Waals surface area contributed by atoms with Crippen LogP contribution in [0.4, 0.5) is 0 Å². The van der Waals surface area contributed by atoms with Crippen molar-refractivity contribution in [2.24, 2.45) is 0 Å². The Morgan fingerprint density at radius 3 is 2.21 bits per heavy atom. The van der Waals surface area contributed by atoms with Crippen molar-refractivity contribution in [1.29, 1.82) is 0 Å². The molecule has 0 N–H and O–H groups in total. The maximum atomic E-state index is 6.15. The van der Waals surface area contributed by atoms with Gasteiger partial charge in [0.25, 0.3) is 0 Å². The molecule has 0 atom stereocenters. The van der Waals surface area contributed by atoms with E-state index in [1.807, 2.05) is 4.42 Å². The molecule has 0 heterocycles. The van der Waals surface area contributed by atoms with Crippen LogP contribution in [0.3, 0.4) is 0 Å². The van der Waals surface area contributed by atoms with E-state index in [0.717, 1.165) is 15.5 Å². The minimum absolute atomic E-state index is 0.0907. The van der Waals surface area contributed by atoms with Crippen molar-refractivity contribution < 1.29 is 4.48 Å². The Hall–Kier alpha value is 0.940. The quantitative estimate of drug-likeness (QED) is 0.237. The summed E-state index contributed by atoms with van der Waals surface area (Å²) >= 11 is 8.45. The van der Waals surface area contributed by atoms with Crippen molar-refractivity contribution in [3.63, 3.8) is 0 Å². The molecule has 0 aliphatic carbocycles. The molecule has 86 valence electrons. The standard InChI is InChI=1S/C10H23ClIN2/c1-6-14(4,5)8-7-10(2,3)13(11)9-12/h6-9H2,1-5H3/q+1. The highest BCUT2D eigenvalue weighted by atomic mass is 127. The van der Waals surface area contributed by atoms with Gasteiger partial charge in [-0.05, 0) is 32.5 Å². The molecule has 0 unspecified atom stereocenters. The van der Waals surface area contributed by atoms with Crippen molar-refractivity contribution >= 4 is 34.4 Å². The summed E-state index contributed by atoms with van der Waals surface area (Å²) in [6.07, 6.45) is 1.13. The van der Waals surface area contributed by atoms with E-state index < -0.39 is 0 Å². The highest BCUT2D eigenvalue weighted by molar-refractivity contribution is 14.1. The first-order valence-corrected chi connectivity index (χ1v) is 6.93. The van der Waals surface area contributed by atoms with Crippen LogP contribution in [-0.2, 0) is 0 Å². The first-order valence-electron chi connectivity index (χ1n) is 5.06. The molecule has 0 amide bonds. The monoisotopic (exact) mass is 333 g/mol. The molecule has 14 heavy (non-hydrogen) atoms. The summed E-state index contributed by atoms with van der Waals surface area (Å²) in [7, 11) is 4.53. The maximum Gasteiger partial charge on any atom is 0.0800 e. The van der Waals surface area contributed by atoms with E-state index in [4.69, 9.17) is 11.8 Å². The van der Waals surface area contributed by atoms with Gasteiger partial charge in [0.1, 0.15) is 0 Å². The van der Waals surface area contributed by atoms with E-state index in [9.17, 15) is 0 Å². The van der Waals surface area contributed by atoms with E-state index in [1.165, 1.54) is 13.1 Å². The SMILES string of the molecule is CC[N+](C)(C)CCC(C)(C)N(Cl)CI. The van der Waals surface area contributed by atoms with Gasteiger partial charge in [0.05, 0.1) is 31.7 Å². The number of hydrogen-bond donors (Lipinski definition) is 0. The van der Waals surface area contributed by atoms with Crippen LogP contribution in [-0.4, -0.2) is 46.2 Å². The molecule has 0 aromatic heterocycles. The lowest BCUT2D eigenvalue weighted by Gasteiger charge is -2.36. The minimum atomic E-state index is 0.0907. The number of hydrogen-bond acceptors (Lipinski definition) is 1. The second kappa shape index (κ2) is 5.87. The summed E-state index contributed by atoms with van der Waals surface area (Å²) in [5.41, 5.74) is 0.0907. The Kier molecular flexibility index (Phi) is 6.26. The average Bonchev–Trinajstić information content (AvgIpc) is 2.14. The van der Waals surface area contributed by atoms with Gasteiger partial charge in [-0.15, -0.1) is 0 Å². The van der Waals surface area contributed by atoms with Gasteiger partial charge in [0, 0.05) is 12.0 Å². The smallest absolute Gasteiger partial charge is 0.0800 e. The molecule has 0 aromatic rings. The number of alkyl halides is 1. The highest BCUT2D eigenvalue weighted by Gasteiger charge is 2.27. The van der Waals surface area contributed by atoms with Gasteiger partial charge in [-0.3, -0.25) is 0 Å². The zero-order chi connectivity index (χ0) is 11.4. The molecular formula is C10H23ClIN2+. The van der Waals surface area contributed by atoms with Crippen LogP contribution in [0.5, 0.6) is 0 Å². The van der Waals surface area contributed by atoms with E-state index in [0.29, 0.717) is 0 Å². The summed E-state index contributed by atoms with van der Waals surface area (Å²) in [6, 6.07) is 0. The summed E-state index contributed by atoms with van der Waals surface area (Å²) in [5, 5.41) is 0. The zero-order valence-corrected chi connectivity index (χ0v) is 12.9. The Labute approximate surface area is 107 Å². The average molecular weight is 334 g/mol. The fourth-order valence-electron chi connectivity index (χ4n) is 1.02. The summed E-state index contributed by atoms with van der Waals surface area (Å²) < 4.78 is 3.82. The highest BCUT2D eigenvalue weighted by Crippen LogP contribution is 2.23. The summed E-state index contributed by atoms with van der Waals surface area (Å²) in [4.78, 5) is 0. The van der Waals surface area contributed by atoms with Crippen molar-refractivity contribution in [1.82, 2.24) is 4.42 Å². The number of quaternary nitrogens is 1. The van der Waals surface area contributed by atoms with Gasteiger partial charge < -0.3 is 4.48 Å². The Balaban J connectivity index is 4.11. The lowest BCUT2D eigenvalue weighted by molar-refractivity contribution is -0.889. The molecule has 0 saturated heterocycles. The molecule has 4 heteroatoms. The maximum absolute atomic E-state index is 6.15. The van der Waals surface area contributed by atoms with E-state index >= 15 is 0 Å². The van der Waals surface area contributed by atoms with Gasteiger partial charge >= 0.3 is 0 Å². The van der Waals surface area contributed by atoms with Gasteiger partial charge in [-0.25, -0.2) is 4.42 Å². The first kappa shape index (κ1) is 14.9. The molecule has 0 aliphatic rings. The zero-order valence-electron chi connectivity index (χ0n) is 9.98. The Bertz CT molecular complexity index is 172. The molecule has 2 nitrogen and oxygen atoms in total. The third-order valence-electron chi connectivity index (χ3n) is 2.95. The summed E-state index contributed by atoms with van der Waals surface area (Å²) in [5.74, 6) is 0. The molecule has 0 bridgehead atoms. The molecule has 0 saturated carbocycles. The van der Waals surface area contributed by atoms with Crippen molar-refractivity contribution in [2.45, 2.75) is 32.7 Å². The van der Waals surface area contributed by atoms with Gasteiger partial charge in [0.15, 0.2) is 0 Å². The predicted octanol–water partition coefficient (Wildman–Crippen LogP) is 3.10. The normalized spacial score (nSPS) is 13.7. The molecule has 0 spiro atoms. The largest absolute Gasteiger partial charge is 0.329 e. The second-order valence-corrected chi connectivity index (χ2v) is 6.11. The van der Waals surface area contributed by atoms with E-state index in [-0.39, 0.29) is 5.54 Å². The Morgan fingerprint density at radius 2 is 1.86 bits per heavy atom. The van der Waals surface area contributed by atoms with Crippen LogP contribution in [0.2, 0.25) is 0 Å². The van der Waals surface area contributed by atoms with Crippen molar-refractivity contribution in [3.8, 4) is 0 Å². The van der Waals surface area contributed by atoms with Crippen LogP contribution in [0.1, 0.15) is 27.2 Å². The fraction of sp³-hybridized carbons (Fsp3) is 1.00. The molecule has 0 radical (unpaired) electrons. The van der Waals surface area contributed by atoms with Gasteiger partial charge in [0.2, 0.25) is 0 Å². The molecule has 0 fully saturated rings. The van der Waals surface area contributed by atoms with Crippen LogP contribution in [0.15, 0.2) is 0 Å².